The monoisotopic (exact) mass is 309 g/mol. The number of alkyl halides is 1. The van der Waals surface area contributed by atoms with Crippen LogP contribution in [-0.2, 0) is 13.0 Å². The third-order valence-electron chi connectivity index (χ3n) is 4.27. The van der Waals surface area contributed by atoms with Gasteiger partial charge in [-0.1, -0.05) is 6.42 Å². The molecule has 1 saturated carbocycles. The fraction of sp³-hybridized carbons (Fsp3) is 0.600. The average molecular weight is 310 g/mol. The maximum Gasteiger partial charge on any atom is 0.160 e. The largest absolute Gasteiger partial charge is 0.311 e. The number of fused-ring (bicyclic) bond motifs is 1. The van der Waals surface area contributed by atoms with Crippen LogP contribution in [0, 0.1) is 6.92 Å². The number of nitrogens with zero attached hydrogens (tertiary/aromatic N) is 3. The number of pyridine rings is 1. The smallest absolute Gasteiger partial charge is 0.160 e. The lowest BCUT2D eigenvalue weighted by molar-refractivity contribution is 0.321. The molecule has 3 rings (SSSR count). The summed E-state index contributed by atoms with van der Waals surface area (Å²) >= 11 is 7.93. The molecule has 20 heavy (non-hydrogen) atoms. The third kappa shape index (κ3) is 2.44. The van der Waals surface area contributed by atoms with Gasteiger partial charge >= 0.3 is 0 Å². The number of aromatic nitrogens is 3. The Morgan fingerprint density at radius 3 is 2.75 bits per heavy atom. The van der Waals surface area contributed by atoms with Gasteiger partial charge in [0.15, 0.2) is 5.65 Å². The SMILES string of the molecule is CSC1(Cn2c(CCCl)nc3ccc(C)nc32)CCC1. The van der Waals surface area contributed by atoms with Crippen molar-refractivity contribution in [3.8, 4) is 0 Å². The van der Waals surface area contributed by atoms with Crippen LogP contribution < -0.4 is 0 Å². The van der Waals surface area contributed by atoms with Crippen LogP contribution in [-0.4, -0.2) is 31.4 Å². The van der Waals surface area contributed by atoms with Gasteiger partial charge in [-0.3, -0.25) is 0 Å². The second-order valence-corrected chi connectivity index (χ2v) is 7.24. The van der Waals surface area contributed by atoms with Crippen LogP contribution in [0.25, 0.3) is 11.2 Å². The molecule has 0 aliphatic heterocycles. The second kappa shape index (κ2) is 5.57. The molecule has 1 fully saturated rings. The van der Waals surface area contributed by atoms with Gasteiger partial charge in [0, 0.05) is 29.3 Å². The first-order valence-corrected chi connectivity index (χ1v) is 8.87. The summed E-state index contributed by atoms with van der Waals surface area (Å²) in [4.78, 5) is 9.43. The molecule has 1 aliphatic carbocycles. The molecule has 0 N–H and O–H groups in total. The Morgan fingerprint density at radius 1 is 1.35 bits per heavy atom. The van der Waals surface area contributed by atoms with Crippen molar-refractivity contribution in [1.82, 2.24) is 14.5 Å². The van der Waals surface area contributed by atoms with Gasteiger partial charge in [0.2, 0.25) is 0 Å². The highest BCUT2D eigenvalue weighted by molar-refractivity contribution is 8.00. The summed E-state index contributed by atoms with van der Waals surface area (Å²) in [5.41, 5.74) is 3.06. The highest BCUT2D eigenvalue weighted by Gasteiger charge is 2.37. The normalized spacial score (nSPS) is 17.4. The molecular weight excluding hydrogens is 290 g/mol. The zero-order valence-corrected chi connectivity index (χ0v) is 13.6. The fourth-order valence-electron chi connectivity index (χ4n) is 2.87. The van der Waals surface area contributed by atoms with Crippen LogP contribution in [0.4, 0.5) is 0 Å². The zero-order chi connectivity index (χ0) is 14.2. The van der Waals surface area contributed by atoms with Gasteiger partial charge < -0.3 is 4.57 Å². The lowest BCUT2D eigenvalue weighted by atomic mass is 9.84. The first kappa shape index (κ1) is 14.2. The lowest BCUT2D eigenvalue weighted by Crippen LogP contribution is -2.38. The van der Waals surface area contributed by atoms with Crippen molar-refractivity contribution in [1.29, 1.82) is 0 Å². The van der Waals surface area contributed by atoms with E-state index in [9.17, 15) is 0 Å². The Labute approximate surface area is 129 Å². The van der Waals surface area contributed by atoms with Crippen molar-refractivity contribution in [2.24, 2.45) is 0 Å². The van der Waals surface area contributed by atoms with E-state index in [1.54, 1.807) is 0 Å². The number of rotatable bonds is 5. The standard InChI is InChI=1S/C15H20ClN3S/c1-11-4-5-12-14(17-11)19(13(18-12)6-9-16)10-15(20-2)7-3-8-15/h4-5H,3,6-10H2,1-2H3. The van der Waals surface area contributed by atoms with Gasteiger partial charge in [-0.05, 0) is 38.2 Å². The zero-order valence-electron chi connectivity index (χ0n) is 12.0. The van der Waals surface area contributed by atoms with Crippen molar-refractivity contribution >= 4 is 34.5 Å². The van der Waals surface area contributed by atoms with Crippen LogP contribution >= 0.6 is 23.4 Å². The lowest BCUT2D eigenvalue weighted by Gasteiger charge is -2.41. The molecule has 2 aromatic rings. The second-order valence-electron chi connectivity index (χ2n) is 5.59. The van der Waals surface area contributed by atoms with Gasteiger partial charge in [-0.25, -0.2) is 9.97 Å². The minimum atomic E-state index is 0.375. The van der Waals surface area contributed by atoms with Crippen LogP contribution in [0.2, 0.25) is 0 Å². The van der Waals surface area contributed by atoms with Crippen LogP contribution in [0.1, 0.15) is 30.8 Å². The third-order valence-corrected chi connectivity index (χ3v) is 5.87. The summed E-state index contributed by atoms with van der Waals surface area (Å²) in [5, 5.41) is 0. The van der Waals surface area contributed by atoms with Gasteiger partial charge in [0.1, 0.15) is 11.3 Å². The minimum Gasteiger partial charge on any atom is -0.311 e. The van der Waals surface area contributed by atoms with E-state index in [1.807, 2.05) is 24.8 Å². The van der Waals surface area contributed by atoms with Crippen LogP contribution in [0.15, 0.2) is 12.1 Å². The minimum absolute atomic E-state index is 0.375. The molecule has 0 saturated heterocycles. The number of thioether (sulfide) groups is 1. The summed E-state index contributed by atoms with van der Waals surface area (Å²) < 4.78 is 2.68. The number of imidazole rings is 1. The topological polar surface area (TPSA) is 30.7 Å². The molecule has 3 nitrogen and oxygen atoms in total. The van der Waals surface area contributed by atoms with Gasteiger partial charge in [-0.2, -0.15) is 11.8 Å². The van der Waals surface area contributed by atoms with Gasteiger partial charge in [0.25, 0.3) is 0 Å². The van der Waals surface area contributed by atoms with E-state index in [2.05, 4.69) is 16.9 Å². The summed E-state index contributed by atoms with van der Waals surface area (Å²) in [6.45, 7) is 3.04. The Morgan fingerprint density at radius 2 is 2.15 bits per heavy atom. The predicted molar refractivity (Wildman–Crippen MR) is 86.8 cm³/mol. The predicted octanol–water partition coefficient (Wildman–Crippen LogP) is 3.81. The highest BCUT2D eigenvalue weighted by atomic mass is 35.5. The highest BCUT2D eigenvalue weighted by Crippen LogP contribution is 2.44. The van der Waals surface area contributed by atoms with Crippen molar-refractivity contribution in [2.75, 3.05) is 12.1 Å². The summed E-state index contributed by atoms with van der Waals surface area (Å²) in [6.07, 6.45) is 6.95. The van der Waals surface area contributed by atoms with Crippen LogP contribution in [0.3, 0.4) is 0 Å². The Kier molecular flexibility index (Phi) is 3.95. The number of hydrogen-bond acceptors (Lipinski definition) is 3. The summed E-state index contributed by atoms with van der Waals surface area (Å²) in [6, 6.07) is 4.09. The van der Waals surface area contributed by atoms with Crippen molar-refractivity contribution in [2.45, 2.75) is 43.9 Å². The molecule has 0 bridgehead atoms. The van der Waals surface area contributed by atoms with Gasteiger partial charge in [-0.15, -0.1) is 11.6 Å². The molecule has 0 amide bonds. The quantitative estimate of drug-likeness (QED) is 0.787. The molecule has 0 atom stereocenters. The maximum atomic E-state index is 5.94. The number of halogens is 1. The van der Waals surface area contributed by atoms with E-state index in [1.165, 1.54) is 19.3 Å². The molecule has 2 aromatic heterocycles. The van der Waals surface area contributed by atoms with E-state index >= 15 is 0 Å². The van der Waals surface area contributed by atoms with E-state index < -0.39 is 0 Å². The molecule has 0 spiro atoms. The number of aryl methyl sites for hydroxylation is 2. The Bertz CT molecular complexity index is 613. The summed E-state index contributed by atoms with van der Waals surface area (Å²) in [7, 11) is 0. The maximum absolute atomic E-state index is 5.94. The molecule has 1 aliphatic rings. The van der Waals surface area contributed by atoms with Crippen molar-refractivity contribution in [3.05, 3.63) is 23.7 Å². The van der Waals surface area contributed by atoms with Crippen LogP contribution in [0.5, 0.6) is 0 Å². The number of hydrogen-bond donors (Lipinski definition) is 0. The van der Waals surface area contributed by atoms with Crippen molar-refractivity contribution in [3.63, 3.8) is 0 Å². The van der Waals surface area contributed by atoms with E-state index in [0.717, 1.165) is 35.6 Å². The summed E-state index contributed by atoms with van der Waals surface area (Å²) in [5.74, 6) is 1.68. The molecule has 0 unspecified atom stereocenters. The fourth-order valence-corrected chi connectivity index (χ4v) is 3.99. The Balaban J connectivity index is 2.05. The van der Waals surface area contributed by atoms with E-state index in [-0.39, 0.29) is 0 Å². The van der Waals surface area contributed by atoms with Gasteiger partial charge in [0.05, 0.1) is 0 Å². The molecular formula is C15H20ClN3S. The molecule has 0 radical (unpaired) electrons. The van der Waals surface area contributed by atoms with E-state index in [4.69, 9.17) is 21.6 Å². The molecule has 0 aromatic carbocycles. The Hall–Kier alpha value is -0.740. The first-order valence-electron chi connectivity index (χ1n) is 7.11. The molecule has 5 heteroatoms. The van der Waals surface area contributed by atoms with Crippen molar-refractivity contribution < 1.29 is 0 Å². The first-order chi connectivity index (χ1) is 9.67. The average Bonchev–Trinajstić information content (AvgIpc) is 2.72. The van der Waals surface area contributed by atoms with E-state index in [0.29, 0.717) is 10.6 Å². The molecule has 2 heterocycles. The molecule has 108 valence electrons.